The summed E-state index contributed by atoms with van der Waals surface area (Å²) in [6, 6.07) is 0. The third-order valence-electron chi connectivity index (χ3n) is 0.865. The van der Waals surface area contributed by atoms with Gasteiger partial charge in [-0.3, -0.25) is 0 Å². The van der Waals surface area contributed by atoms with E-state index in [1.807, 2.05) is 6.92 Å². The fourth-order valence-corrected chi connectivity index (χ4v) is 0.635. The normalized spacial score (nSPS) is 9.56. The molecular weight excluding hydrogens is 134 g/mol. The fraction of sp³-hybridized carbons (Fsp3) is 0.400. The second-order valence-corrected chi connectivity index (χ2v) is 1.99. The van der Waals surface area contributed by atoms with Gasteiger partial charge in [0, 0.05) is 0 Å². The quantitative estimate of drug-likeness (QED) is 0.582. The van der Waals surface area contributed by atoms with Crippen LogP contribution in [0.25, 0.3) is 0 Å². The first kappa shape index (κ1) is 6.48. The number of aromatic nitrogens is 3. The Labute approximate surface area is 58.9 Å². The zero-order valence-corrected chi connectivity index (χ0v) is 5.97. The van der Waals surface area contributed by atoms with E-state index in [4.69, 9.17) is 0 Å². The van der Waals surface area contributed by atoms with Crippen molar-refractivity contribution in [3.63, 3.8) is 0 Å². The number of hydrogen-bond acceptors (Lipinski definition) is 4. The molecule has 9 heavy (non-hydrogen) atoms. The van der Waals surface area contributed by atoms with Crippen LogP contribution in [0.4, 0.5) is 0 Å². The Morgan fingerprint density at radius 2 is 2.44 bits per heavy atom. The number of rotatable bonds is 1. The third kappa shape index (κ3) is 1.64. The Morgan fingerprint density at radius 3 is 2.89 bits per heavy atom. The van der Waals surface area contributed by atoms with Crippen LogP contribution in [0.15, 0.2) is 6.20 Å². The van der Waals surface area contributed by atoms with E-state index in [9.17, 15) is 0 Å². The standard InChI is InChI=1S/C5H7N3S/c1-4-2-6-8-5(3-9)7-4/h2,9H,3H2,1H3. The predicted octanol–water partition coefficient (Wildman–Crippen LogP) is 0.610. The largest absolute Gasteiger partial charge is 0.234 e. The van der Waals surface area contributed by atoms with Crippen LogP contribution in [0.5, 0.6) is 0 Å². The minimum atomic E-state index is 0.550. The van der Waals surface area contributed by atoms with Crippen molar-refractivity contribution in [2.45, 2.75) is 12.7 Å². The van der Waals surface area contributed by atoms with Gasteiger partial charge in [0.1, 0.15) is 0 Å². The Morgan fingerprint density at radius 1 is 1.67 bits per heavy atom. The van der Waals surface area contributed by atoms with Gasteiger partial charge in [-0.05, 0) is 6.92 Å². The molecule has 0 saturated carbocycles. The summed E-state index contributed by atoms with van der Waals surface area (Å²) in [6.07, 6.45) is 1.62. The molecule has 1 aromatic rings. The molecule has 0 fully saturated rings. The lowest BCUT2D eigenvalue weighted by atomic mass is 10.5. The first-order valence-corrected chi connectivity index (χ1v) is 3.22. The van der Waals surface area contributed by atoms with Crippen LogP contribution >= 0.6 is 12.6 Å². The fourth-order valence-electron chi connectivity index (χ4n) is 0.501. The summed E-state index contributed by atoms with van der Waals surface area (Å²) in [7, 11) is 0. The molecule has 0 radical (unpaired) electrons. The summed E-state index contributed by atoms with van der Waals surface area (Å²) < 4.78 is 0. The van der Waals surface area contributed by atoms with Crippen LogP contribution in [0.1, 0.15) is 11.5 Å². The number of hydrogen-bond donors (Lipinski definition) is 1. The van der Waals surface area contributed by atoms with Gasteiger partial charge in [-0.25, -0.2) is 4.98 Å². The Balaban J connectivity index is 2.94. The van der Waals surface area contributed by atoms with Gasteiger partial charge in [-0.15, -0.1) is 5.10 Å². The number of thiol groups is 1. The Kier molecular flexibility index (Phi) is 2.00. The van der Waals surface area contributed by atoms with Crippen LogP contribution in [0, 0.1) is 6.92 Å². The third-order valence-corrected chi connectivity index (χ3v) is 1.15. The van der Waals surface area contributed by atoms with Crippen molar-refractivity contribution in [3.8, 4) is 0 Å². The van der Waals surface area contributed by atoms with Crippen LogP contribution in [0.3, 0.4) is 0 Å². The molecule has 1 rings (SSSR count). The smallest absolute Gasteiger partial charge is 0.160 e. The van der Waals surface area contributed by atoms with Gasteiger partial charge in [-0.1, -0.05) is 0 Å². The predicted molar refractivity (Wildman–Crippen MR) is 37.3 cm³/mol. The summed E-state index contributed by atoms with van der Waals surface area (Å²) in [4.78, 5) is 4.04. The van der Waals surface area contributed by atoms with E-state index in [0.717, 1.165) is 5.69 Å². The molecule has 0 aliphatic rings. The molecule has 0 N–H and O–H groups in total. The van der Waals surface area contributed by atoms with Crippen LogP contribution in [-0.2, 0) is 5.75 Å². The second kappa shape index (κ2) is 2.77. The van der Waals surface area contributed by atoms with E-state index in [0.29, 0.717) is 11.6 Å². The van der Waals surface area contributed by atoms with Crippen molar-refractivity contribution in [1.29, 1.82) is 0 Å². The second-order valence-electron chi connectivity index (χ2n) is 1.67. The average molecular weight is 141 g/mol. The van der Waals surface area contributed by atoms with Gasteiger partial charge >= 0.3 is 0 Å². The van der Waals surface area contributed by atoms with Crippen molar-refractivity contribution >= 4 is 12.6 Å². The van der Waals surface area contributed by atoms with Crippen LogP contribution < -0.4 is 0 Å². The first-order chi connectivity index (χ1) is 4.33. The highest BCUT2D eigenvalue weighted by molar-refractivity contribution is 7.79. The SMILES string of the molecule is Cc1cnnc(CS)n1. The highest BCUT2D eigenvalue weighted by Crippen LogP contribution is 1.92. The zero-order chi connectivity index (χ0) is 6.69. The van der Waals surface area contributed by atoms with E-state index in [-0.39, 0.29) is 0 Å². The molecule has 0 spiro atoms. The van der Waals surface area contributed by atoms with Gasteiger partial charge in [-0.2, -0.15) is 17.7 Å². The molecule has 0 atom stereocenters. The van der Waals surface area contributed by atoms with E-state index in [1.54, 1.807) is 6.20 Å². The van der Waals surface area contributed by atoms with Crippen molar-refractivity contribution < 1.29 is 0 Å². The van der Waals surface area contributed by atoms with Gasteiger partial charge < -0.3 is 0 Å². The Hall–Kier alpha value is -0.640. The first-order valence-electron chi connectivity index (χ1n) is 2.59. The molecule has 48 valence electrons. The van der Waals surface area contributed by atoms with Gasteiger partial charge in [0.05, 0.1) is 17.6 Å². The van der Waals surface area contributed by atoms with Gasteiger partial charge in [0.2, 0.25) is 0 Å². The highest BCUT2D eigenvalue weighted by Gasteiger charge is 1.91. The van der Waals surface area contributed by atoms with Gasteiger partial charge in [0.25, 0.3) is 0 Å². The minimum Gasteiger partial charge on any atom is -0.234 e. The maximum Gasteiger partial charge on any atom is 0.160 e. The minimum absolute atomic E-state index is 0.550. The number of nitrogens with zero attached hydrogens (tertiary/aromatic N) is 3. The monoisotopic (exact) mass is 141 g/mol. The molecule has 1 aromatic heterocycles. The lowest BCUT2D eigenvalue weighted by molar-refractivity contribution is 0.874. The van der Waals surface area contributed by atoms with E-state index in [2.05, 4.69) is 27.8 Å². The topological polar surface area (TPSA) is 38.7 Å². The van der Waals surface area contributed by atoms with Crippen molar-refractivity contribution in [2.75, 3.05) is 0 Å². The summed E-state index contributed by atoms with van der Waals surface area (Å²) in [5.74, 6) is 1.23. The molecule has 0 aromatic carbocycles. The van der Waals surface area contributed by atoms with E-state index in [1.165, 1.54) is 0 Å². The zero-order valence-electron chi connectivity index (χ0n) is 5.07. The highest BCUT2D eigenvalue weighted by atomic mass is 32.1. The Bertz CT molecular complexity index is 201. The molecule has 0 unspecified atom stereocenters. The van der Waals surface area contributed by atoms with Crippen molar-refractivity contribution in [3.05, 3.63) is 17.7 Å². The van der Waals surface area contributed by atoms with Crippen molar-refractivity contribution in [1.82, 2.24) is 15.2 Å². The lowest BCUT2D eigenvalue weighted by Gasteiger charge is -1.91. The summed E-state index contributed by atoms with van der Waals surface area (Å²) in [5.41, 5.74) is 0.883. The number of aryl methyl sites for hydroxylation is 1. The molecule has 0 bridgehead atoms. The summed E-state index contributed by atoms with van der Waals surface area (Å²) >= 11 is 3.99. The van der Waals surface area contributed by atoms with Crippen LogP contribution in [0.2, 0.25) is 0 Å². The van der Waals surface area contributed by atoms with E-state index < -0.39 is 0 Å². The molecule has 3 nitrogen and oxygen atoms in total. The molecular formula is C5H7N3S. The maximum absolute atomic E-state index is 4.04. The molecule has 4 heteroatoms. The lowest BCUT2D eigenvalue weighted by Crippen LogP contribution is -1.95. The maximum atomic E-state index is 4.04. The summed E-state index contributed by atoms with van der Waals surface area (Å²) in [5, 5.41) is 7.41. The molecule has 1 heterocycles. The molecule has 0 saturated heterocycles. The molecule has 0 aliphatic carbocycles. The van der Waals surface area contributed by atoms with Gasteiger partial charge in [0.15, 0.2) is 5.82 Å². The molecule has 0 amide bonds. The summed E-state index contributed by atoms with van der Waals surface area (Å²) in [6.45, 7) is 1.88. The molecule has 0 aliphatic heterocycles. The van der Waals surface area contributed by atoms with Crippen molar-refractivity contribution in [2.24, 2.45) is 0 Å². The average Bonchev–Trinajstić information content (AvgIpc) is 1.88. The van der Waals surface area contributed by atoms with Crippen LogP contribution in [-0.4, -0.2) is 15.2 Å². The van der Waals surface area contributed by atoms with E-state index >= 15 is 0 Å².